The van der Waals surface area contributed by atoms with Crippen LogP contribution in [0.5, 0.6) is 0 Å². The molecule has 0 amide bonds. The normalized spacial score (nSPS) is 34.2. The summed E-state index contributed by atoms with van der Waals surface area (Å²) >= 11 is 0. The Morgan fingerprint density at radius 1 is 1.11 bits per heavy atom. The molecule has 1 nitrogen and oxygen atoms in total. The molecule has 1 fully saturated rings. The Labute approximate surface area is 56.5 Å². The van der Waals surface area contributed by atoms with Crippen molar-refractivity contribution in [2.45, 2.75) is 0 Å². The predicted molar refractivity (Wildman–Crippen MR) is 40.2 cm³/mol. The van der Waals surface area contributed by atoms with Crippen LogP contribution in [0.4, 0.5) is 0 Å². The van der Waals surface area contributed by atoms with Crippen LogP contribution in [0.3, 0.4) is 0 Å². The number of hydrogen-bond acceptors (Lipinski definition) is 1. The van der Waals surface area contributed by atoms with Gasteiger partial charge in [0.25, 0.3) is 0 Å². The van der Waals surface area contributed by atoms with Crippen LogP contribution in [-0.4, -0.2) is 13.1 Å². The van der Waals surface area contributed by atoms with Crippen LogP contribution >= 0.6 is 0 Å². The quantitative estimate of drug-likeness (QED) is 0.544. The summed E-state index contributed by atoms with van der Waals surface area (Å²) in [4.78, 5) is 0. The molecule has 0 spiro atoms. The maximum Gasteiger partial charge on any atom is 0.00205 e. The van der Waals surface area contributed by atoms with Crippen molar-refractivity contribution in [3.05, 3.63) is 25.3 Å². The SMILES string of the molecule is C=CC1CNCC1C=C. The fraction of sp³-hybridized carbons (Fsp3) is 0.500. The Balaban J connectivity index is 2.50. The molecule has 1 heterocycles. The summed E-state index contributed by atoms with van der Waals surface area (Å²) in [6.07, 6.45) is 4.01. The Bertz CT molecular complexity index is 104. The Morgan fingerprint density at radius 2 is 1.56 bits per heavy atom. The average molecular weight is 123 g/mol. The molecule has 2 unspecified atom stereocenters. The van der Waals surface area contributed by atoms with E-state index < -0.39 is 0 Å². The van der Waals surface area contributed by atoms with Crippen molar-refractivity contribution in [2.24, 2.45) is 11.8 Å². The smallest absolute Gasteiger partial charge is 0.00205 e. The molecule has 0 bridgehead atoms. The molecule has 0 aromatic carbocycles. The highest BCUT2D eigenvalue weighted by Gasteiger charge is 2.20. The van der Waals surface area contributed by atoms with E-state index in [9.17, 15) is 0 Å². The molecule has 1 saturated heterocycles. The molecule has 2 atom stereocenters. The van der Waals surface area contributed by atoms with Gasteiger partial charge in [0.05, 0.1) is 0 Å². The second-order valence-corrected chi connectivity index (χ2v) is 2.46. The van der Waals surface area contributed by atoms with Gasteiger partial charge in [0.1, 0.15) is 0 Å². The lowest BCUT2D eigenvalue weighted by Crippen LogP contribution is -2.07. The minimum absolute atomic E-state index is 0.613. The zero-order valence-corrected chi connectivity index (χ0v) is 5.64. The molecule has 0 aliphatic carbocycles. The van der Waals surface area contributed by atoms with E-state index in [1.165, 1.54) is 0 Å². The van der Waals surface area contributed by atoms with Gasteiger partial charge in [0.2, 0.25) is 0 Å². The van der Waals surface area contributed by atoms with E-state index in [4.69, 9.17) is 0 Å². The first-order valence-electron chi connectivity index (χ1n) is 3.34. The highest BCUT2D eigenvalue weighted by molar-refractivity contribution is 4.99. The summed E-state index contributed by atoms with van der Waals surface area (Å²) in [5.74, 6) is 1.23. The fourth-order valence-electron chi connectivity index (χ4n) is 1.24. The van der Waals surface area contributed by atoms with Crippen LogP contribution in [-0.2, 0) is 0 Å². The van der Waals surface area contributed by atoms with E-state index in [1.54, 1.807) is 0 Å². The maximum atomic E-state index is 3.75. The first-order chi connectivity index (χ1) is 4.38. The summed E-state index contributed by atoms with van der Waals surface area (Å²) in [6.45, 7) is 9.65. The molecule has 50 valence electrons. The molecule has 0 aromatic rings. The monoisotopic (exact) mass is 123 g/mol. The van der Waals surface area contributed by atoms with Crippen molar-refractivity contribution >= 4 is 0 Å². The van der Waals surface area contributed by atoms with Crippen LogP contribution in [0.15, 0.2) is 25.3 Å². The Hall–Kier alpha value is -0.560. The van der Waals surface area contributed by atoms with E-state index in [0.29, 0.717) is 11.8 Å². The van der Waals surface area contributed by atoms with Gasteiger partial charge >= 0.3 is 0 Å². The lowest BCUT2D eigenvalue weighted by atomic mass is 9.97. The molecular formula is C8H13N. The third-order valence-electron chi connectivity index (χ3n) is 1.92. The lowest BCUT2D eigenvalue weighted by Gasteiger charge is -2.07. The highest BCUT2D eigenvalue weighted by Crippen LogP contribution is 2.17. The largest absolute Gasteiger partial charge is 0.316 e. The highest BCUT2D eigenvalue weighted by atomic mass is 14.9. The van der Waals surface area contributed by atoms with Crippen LogP contribution in [0.1, 0.15) is 0 Å². The minimum Gasteiger partial charge on any atom is -0.316 e. The van der Waals surface area contributed by atoms with Crippen LogP contribution in [0.25, 0.3) is 0 Å². The third kappa shape index (κ3) is 1.22. The third-order valence-corrected chi connectivity index (χ3v) is 1.92. The van der Waals surface area contributed by atoms with Gasteiger partial charge in [-0.3, -0.25) is 0 Å². The van der Waals surface area contributed by atoms with Crippen LogP contribution < -0.4 is 5.32 Å². The van der Waals surface area contributed by atoms with E-state index >= 15 is 0 Å². The van der Waals surface area contributed by atoms with Crippen molar-refractivity contribution in [1.82, 2.24) is 5.32 Å². The van der Waals surface area contributed by atoms with E-state index in [-0.39, 0.29) is 0 Å². The van der Waals surface area contributed by atoms with Gasteiger partial charge in [-0.25, -0.2) is 0 Å². The van der Waals surface area contributed by atoms with Gasteiger partial charge in [-0.05, 0) is 11.8 Å². The molecule has 0 saturated carbocycles. The first kappa shape index (κ1) is 6.56. The fourth-order valence-corrected chi connectivity index (χ4v) is 1.24. The summed E-state index contributed by atoms with van der Waals surface area (Å²) in [6, 6.07) is 0. The summed E-state index contributed by atoms with van der Waals surface area (Å²) < 4.78 is 0. The summed E-state index contributed by atoms with van der Waals surface area (Å²) in [5.41, 5.74) is 0. The maximum absolute atomic E-state index is 3.75. The first-order valence-corrected chi connectivity index (χ1v) is 3.34. The molecule has 1 N–H and O–H groups in total. The molecular weight excluding hydrogens is 110 g/mol. The summed E-state index contributed by atoms with van der Waals surface area (Å²) in [7, 11) is 0. The van der Waals surface area contributed by atoms with Gasteiger partial charge in [-0.2, -0.15) is 0 Å². The minimum atomic E-state index is 0.613. The van der Waals surface area contributed by atoms with Crippen LogP contribution in [0, 0.1) is 11.8 Å². The van der Waals surface area contributed by atoms with Gasteiger partial charge in [-0.1, -0.05) is 12.2 Å². The number of hydrogen-bond donors (Lipinski definition) is 1. The molecule has 9 heavy (non-hydrogen) atoms. The van der Waals surface area contributed by atoms with E-state index in [0.717, 1.165) is 13.1 Å². The molecule has 1 aliphatic rings. The Morgan fingerprint density at radius 3 is 1.89 bits per heavy atom. The van der Waals surface area contributed by atoms with Crippen molar-refractivity contribution in [3.8, 4) is 0 Å². The van der Waals surface area contributed by atoms with Crippen molar-refractivity contribution in [3.63, 3.8) is 0 Å². The molecule has 1 aliphatic heterocycles. The van der Waals surface area contributed by atoms with Crippen molar-refractivity contribution in [1.29, 1.82) is 0 Å². The molecule has 0 aromatic heterocycles. The Kier molecular flexibility index (Phi) is 2.06. The van der Waals surface area contributed by atoms with Crippen molar-refractivity contribution in [2.75, 3.05) is 13.1 Å². The van der Waals surface area contributed by atoms with Gasteiger partial charge in [0.15, 0.2) is 0 Å². The van der Waals surface area contributed by atoms with Crippen LogP contribution in [0.2, 0.25) is 0 Å². The average Bonchev–Trinajstić information content (AvgIpc) is 2.33. The van der Waals surface area contributed by atoms with Gasteiger partial charge < -0.3 is 5.32 Å². The number of nitrogens with one attached hydrogen (secondary N) is 1. The lowest BCUT2D eigenvalue weighted by molar-refractivity contribution is 0.604. The zero-order valence-electron chi connectivity index (χ0n) is 5.64. The van der Waals surface area contributed by atoms with E-state index in [1.807, 2.05) is 12.2 Å². The number of rotatable bonds is 2. The van der Waals surface area contributed by atoms with Gasteiger partial charge in [0, 0.05) is 13.1 Å². The second-order valence-electron chi connectivity index (χ2n) is 2.46. The van der Waals surface area contributed by atoms with E-state index in [2.05, 4.69) is 18.5 Å². The molecule has 1 heteroatoms. The molecule has 1 rings (SSSR count). The second kappa shape index (κ2) is 2.83. The summed E-state index contributed by atoms with van der Waals surface area (Å²) in [5, 5.41) is 3.28. The van der Waals surface area contributed by atoms with Gasteiger partial charge in [-0.15, -0.1) is 13.2 Å². The predicted octanol–water partition coefficient (Wildman–Crippen LogP) is 1.19. The standard InChI is InChI=1S/C8H13N/c1-3-7-5-9-6-8(7)4-2/h3-4,7-9H,1-2,5-6H2. The van der Waals surface area contributed by atoms with Crippen molar-refractivity contribution < 1.29 is 0 Å². The topological polar surface area (TPSA) is 12.0 Å². The molecule has 0 radical (unpaired) electrons. The zero-order chi connectivity index (χ0) is 6.69.